The minimum atomic E-state index is -1.13. The summed E-state index contributed by atoms with van der Waals surface area (Å²) in [5, 5.41) is 59.1. The summed E-state index contributed by atoms with van der Waals surface area (Å²) in [5.41, 5.74) is 17.4. The maximum Gasteiger partial charge on any atom is 0.321 e. The van der Waals surface area contributed by atoms with E-state index in [0.29, 0.717) is 76.9 Å². The van der Waals surface area contributed by atoms with Gasteiger partial charge in [0.2, 0.25) is 0 Å². The molecule has 37 heteroatoms. The van der Waals surface area contributed by atoms with Gasteiger partial charge < -0.3 is 45.7 Å². The molecule has 1 aliphatic heterocycles. The molecular formula is C96H96N24O9S4. The van der Waals surface area contributed by atoms with Gasteiger partial charge in [-0.1, -0.05) is 71.3 Å². The van der Waals surface area contributed by atoms with Gasteiger partial charge in [-0.05, 0) is 180 Å². The van der Waals surface area contributed by atoms with Gasteiger partial charge in [-0.3, -0.25) is 50.6 Å². The third kappa shape index (κ3) is 23.4. The highest BCUT2D eigenvalue weighted by atomic mass is 32.1. The van der Waals surface area contributed by atoms with Crippen LogP contribution in [-0.4, -0.2) is 179 Å². The smallest absolute Gasteiger partial charge is 0.321 e. The normalized spacial score (nSPS) is 12.8. The van der Waals surface area contributed by atoms with E-state index in [-0.39, 0.29) is 23.9 Å². The van der Waals surface area contributed by atoms with Gasteiger partial charge in [-0.25, -0.2) is 69.2 Å². The highest BCUT2D eigenvalue weighted by Crippen LogP contribution is 2.44. The van der Waals surface area contributed by atoms with Crippen molar-refractivity contribution in [3.05, 3.63) is 248 Å². The second kappa shape index (κ2) is 43.3. The summed E-state index contributed by atoms with van der Waals surface area (Å²) in [4.78, 5) is 122. The van der Waals surface area contributed by atoms with Gasteiger partial charge >= 0.3 is 18.1 Å². The predicted octanol–water partition coefficient (Wildman–Crippen LogP) is 17.2. The molecule has 33 nitrogen and oxygen atoms in total. The lowest BCUT2D eigenvalue weighted by Gasteiger charge is -2.26. The monoisotopic (exact) mass is 1860 g/mol. The fourth-order valence-electron chi connectivity index (χ4n) is 14.3. The number of nitrogens with one attached hydrogen (secondary N) is 6. The molecule has 0 bridgehead atoms. The molecular weight excluding hydrogens is 1760 g/mol. The first-order valence-corrected chi connectivity index (χ1v) is 46.3. The Kier molecular flexibility index (Phi) is 30.4. The number of fused-ring (bicyclic) bond motifs is 4. The number of aliphatic hydroxyl groups excluding tert-OH is 3. The van der Waals surface area contributed by atoms with E-state index in [9.17, 15) is 39.6 Å². The molecule has 0 aliphatic carbocycles. The summed E-state index contributed by atoms with van der Waals surface area (Å²) in [6.07, 6.45) is 21.9. The first-order chi connectivity index (χ1) is 64.4. The van der Waals surface area contributed by atoms with Gasteiger partial charge in [-0.15, -0.1) is 11.3 Å². The van der Waals surface area contributed by atoms with Gasteiger partial charge in [0.15, 0.2) is 39.0 Å². The number of carbonyl (C=O) groups is 4. The molecule has 678 valence electrons. The highest BCUT2D eigenvalue weighted by Gasteiger charge is 2.26. The van der Waals surface area contributed by atoms with Gasteiger partial charge in [0, 0.05) is 178 Å². The van der Waals surface area contributed by atoms with Crippen LogP contribution in [0, 0.1) is 0 Å². The average molecular weight is 1860 g/mol. The molecule has 1 fully saturated rings. The lowest BCUT2D eigenvalue weighted by molar-refractivity contribution is -0.118. The Balaban J connectivity index is 0.000000136. The number of imidazole rings is 1. The zero-order chi connectivity index (χ0) is 93.2. The SMILES string of the molecule is CCCC(=O)Cc1nc2cc(-c3ccc(C(O)c4nccn4C)nc3)cc(-c3ccccn3)c2s1.CCNC(=O)Nc1nc2cc(-c3cnc(C(C)(C)O)nc3)cc(-c3ccc(CN4CCOCC4)cn3)c2s1.CCNC(=O)Nc1nc2cc(-c3cnc([C@@H](C)O)nc3)cc(-c3ccccn3)c2s1.CCNC(=O)Nc1nc2cc(-c3cnc([C@H](C)O)nc3)cc(-c3ccccn3)c2s1. The average Bonchev–Trinajstić information content (AvgIpc) is 1.65. The lowest BCUT2D eigenvalue weighted by Crippen LogP contribution is -2.35. The molecule has 0 spiro atoms. The van der Waals surface area contributed by atoms with Crippen molar-refractivity contribution in [3.63, 3.8) is 0 Å². The van der Waals surface area contributed by atoms with Crippen LogP contribution in [0.2, 0.25) is 0 Å². The molecule has 3 atom stereocenters. The second-order valence-corrected chi connectivity index (χ2v) is 35.4. The van der Waals surface area contributed by atoms with Crippen molar-refractivity contribution in [2.75, 3.05) is 61.9 Å². The number of ether oxygens (including phenoxy) is 1. The molecule has 4 aromatic carbocycles. The van der Waals surface area contributed by atoms with Crippen LogP contribution in [0.15, 0.2) is 208 Å². The van der Waals surface area contributed by atoms with Crippen LogP contribution in [-0.2, 0) is 35.1 Å². The fourth-order valence-corrected chi connectivity index (χ4v) is 18.2. The van der Waals surface area contributed by atoms with Crippen molar-refractivity contribution in [1.29, 1.82) is 0 Å². The number of benzene rings is 4. The molecule has 10 N–H and O–H groups in total. The fraction of sp³-hybridized carbons (Fsp3) is 0.250. The van der Waals surface area contributed by atoms with Gasteiger partial charge in [0.1, 0.15) is 34.4 Å². The van der Waals surface area contributed by atoms with E-state index >= 15 is 0 Å². The highest BCUT2D eigenvalue weighted by molar-refractivity contribution is 7.23. The van der Waals surface area contributed by atoms with E-state index < -0.39 is 23.9 Å². The first-order valence-electron chi connectivity index (χ1n) is 43.0. The number of pyridine rings is 5. The number of morpholine rings is 1. The molecule has 13 aromatic heterocycles. The summed E-state index contributed by atoms with van der Waals surface area (Å²) in [5.74, 6) is 1.83. The Morgan fingerprint density at radius 1 is 0.451 bits per heavy atom. The van der Waals surface area contributed by atoms with E-state index in [1.54, 1.807) is 118 Å². The van der Waals surface area contributed by atoms with Crippen LogP contribution >= 0.6 is 45.3 Å². The summed E-state index contributed by atoms with van der Waals surface area (Å²) in [6, 6.07) is 40.3. The molecule has 1 unspecified atom stereocenters. The first kappa shape index (κ1) is 93.6. The molecule has 6 amide bonds. The summed E-state index contributed by atoms with van der Waals surface area (Å²) < 4.78 is 11.0. The number of aliphatic hydroxyl groups is 4. The number of rotatable bonds is 25. The van der Waals surface area contributed by atoms with Crippen molar-refractivity contribution < 1.29 is 44.3 Å². The molecule has 1 saturated heterocycles. The third-order valence-electron chi connectivity index (χ3n) is 20.8. The number of nitrogens with zero attached hydrogens (tertiary/aromatic N) is 18. The summed E-state index contributed by atoms with van der Waals surface area (Å²) in [7, 11) is 1.84. The number of aromatic nitrogens is 17. The number of thiazole rings is 4. The maximum atomic E-state index is 12.2. The van der Waals surface area contributed by atoms with Crippen LogP contribution in [0.1, 0.15) is 126 Å². The van der Waals surface area contributed by atoms with Crippen LogP contribution < -0.4 is 31.9 Å². The van der Waals surface area contributed by atoms with Crippen molar-refractivity contribution in [2.24, 2.45) is 7.05 Å². The number of anilines is 3. The Labute approximate surface area is 781 Å². The van der Waals surface area contributed by atoms with Gasteiger partial charge in [0.05, 0.1) is 89.0 Å². The Bertz CT molecular complexity index is 6690. The van der Waals surface area contributed by atoms with E-state index in [0.717, 1.165) is 180 Å². The second-order valence-electron chi connectivity index (χ2n) is 31.3. The number of ketones is 1. The van der Waals surface area contributed by atoms with Crippen molar-refractivity contribution in [2.45, 2.75) is 105 Å². The summed E-state index contributed by atoms with van der Waals surface area (Å²) in [6.45, 7) is 19.9. The number of urea groups is 3. The lowest BCUT2D eigenvalue weighted by atomic mass is 10.0. The van der Waals surface area contributed by atoms with E-state index in [2.05, 4.69) is 119 Å². The predicted molar refractivity (Wildman–Crippen MR) is 519 cm³/mol. The van der Waals surface area contributed by atoms with Gasteiger partial charge in [-0.2, -0.15) is 0 Å². The number of Topliss-reactive ketones (excluding diaryl/α,β-unsaturated/α-hetero) is 1. The molecule has 14 heterocycles. The number of aryl methyl sites for hydroxylation is 1. The molecule has 1 aliphatic rings. The van der Waals surface area contributed by atoms with Crippen molar-refractivity contribution in [1.82, 2.24) is 105 Å². The summed E-state index contributed by atoms with van der Waals surface area (Å²) >= 11 is 5.75. The maximum absolute atomic E-state index is 12.2. The van der Waals surface area contributed by atoms with Crippen LogP contribution in [0.4, 0.5) is 29.8 Å². The van der Waals surface area contributed by atoms with Crippen molar-refractivity contribution >= 4 is 125 Å². The number of amides is 6. The number of carbonyl (C=O) groups excluding carboxylic acids is 4. The van der Waals surface area contributed by atoms with Crippen molar-refractivity contribution in [3.8, 4) is 89.5 Å². The largest absolute Gasteiger partial charge is 0.385 e. The van der Waals surface area contributed by atoms with E-state index in [4.69, 9.17) is 14.7 Å². The number of hydrogen-bond acceptors (Lipinski definition) is 30. The minimum Gasteiger partial charge on any atom is -0.385 e. The van der Waals surface area contributed by atoms with Crippen LogP contribution in [0.25, 0.3) is 130 Å². The minimum absolute atomic E-state index is 0.206. The Hall–Kier alpha value is -14.1. The zero-order valence-electron chi connectivity index (χ0n) is 74.2. The molecule has 17 aromatic rings. The molecule has 133 heavy (non-hydrogen) atoms. The molecule has 0 radical (unpaired) electrons. The molecule has 0 saturated carbocycles. The quantitative estimate of drug-likeness (QED) is 0.0254. The third-order valence-corrected chi connectivity index (χ3v) is 24.9. The Morgan fingerprint density at radius 2 is 0.865 bits per heavy atom. The molecule has 18 rings (SSSR count). The Morgan fingerprint density at radius 3 is 1.23 bits per heavy atom. The van der Waals surface area contributed by atoms with Gasteiger partial charge in [0.25, 0.3) is 0 Å². The van der Waals surface area contributed by atoms with E-state index in [1.165, 1.54) is 34.0 Å². The topological polar surface area (TPSA) is 445 Å². The standard InChI is InChI=1S/C27H31N7O3S.C27H25N5O2S.2C21H20N6O2S/c1-4-28-25(35)33-26-32-22-12-18(19-14-30-24(31-15-19)27(2,3)36)11-20(23(22)38-26)21-6-5-17(13-29-21)16-34-7-9-37-10-8-34;1-3-6-19(33)15-24-31-23-14-18(13-20(26(23)35-24)21-7-4-5-10-28-21)17-8-9-22(30-16-17)25(34)27-29-11-12-32(27)2;2*1-3-22-20(29)27-21-26-17-9-13(14-10-24-19(12(2)28)25-11-14)8-15(18(17)30-21)16-6-4-5-7-23-16/h5-6,11-15,36H,4,7-10,16H2,1-3H3,(H2,28,32,33,35);4-5,7-14,16,25,34H,3,6,15H2,1-2H3;2*4-12,28H,3H2,1-2H3,(H2,22,26,27,29)/t;;2*12-/m..10/s1. The van der Waals surface area contributed by atoms with E-state index in [1.807, 2.05) is 156 Å². The van der Waals surface area contributed by atoms with Crippen LogP contribution in [0.5, 0.6) is 0 Å². The van der Waals surface area contributed by atoms with Crippen LogP contribution in [0.3, 0.4) is 0 Å². The zero-order valence-corrected chi connectivity index (χ0v) is 77.4. The number of hydrogen-bond donors (Lipinski definition) is 10.